The molecular formula is C11H28N4Si. The van der Waals surface area contributed by atoms with Crippen LogP contribution in [0.25, 0.3) is 0 Å². The minimum absolute atomic E-state index is 0.680. The van der Waals surface area contributed by atoms with Crippen LogP contribution in [0.3, 0.4) is 0 Å². The summed E-state index contributed by atoms with van der Waals surface area (Å²) in [5.41, 5.74) is 0. The van der Waals surface area contributed by atoms with Crippen LogP contribution in [0, 0.1) is 5.92 Å². The van der Waals surface area contributed by atoms with Crippen LogP contribution in [0.1, 0.15) is 39.5 Å². The van der Waals surface area contributed by atoms with E-state index < -0.39 is 8.72 Å². The highest BCUT2D eigenvalue weighted by atomic mass is 28.4. The van der Waals surface area contributed by atoms with Gasteiger partial charge in [0.25, 0.3) is 0 Å². The van der Waals surface area contributed by atoms with E-state index in [9.17, 15) is 0 Å². The maximum Gasteiger partial charge on any atom is 0.365 e. The highest BCUT2D eigenvalue weighted by Gasteiger charge is 2.34. The summed E-state index contributed by atoms with van der Waals surface area (Å²) in [5, 5.41) is 0. The van der Waals surface area contributed by atoms with Crippen LogP contribution in [-0.2, 0) is 0 Å². The Morgan fingerprint density at radius 3 is 2.12 bits per heavy atom. The van der Waals surface area contributed by atoms with E-state index in [0.717, 1.165) is 6.54 Å². The highest BCUT2D eigenvalue weighted by molar-refractivity contribution is 6.70. The molecule has 1 saturated carbocycles. The maximum absolute atomic E-state index is 3.79. The SMILES string of the molecule is CN[Si](NC)(NCC(C)C)NC1CCCC1. The number of hydrogen-bond acceptors (Lipinski definition) is 4. The van der Waals surface area contributed by atoms with Gasteiger partial charge in [-0.05, 0) is 39.4 Å². The van der Waals surface area contributed by atoms with Crippen LogP contribution < -0.4 is 19.9 Å². The van der Waals surface area contributed by atoms with Crippen LogP contribution in [0.4, 0.5) is 0 Å². The van der Waals surface area contributed by atoms with Crippen LogP contribution in [-0.4, -0.2) is 35.4 Å². The lowest BCUT2D eigenvalue weighted by atomic mass is 10.2. The second-order valence-corrected chi connectivity index (χ2v) is 8.29. The van der Waals surface area contributed by atoms with Crippen molar-refractivity contribution in [3.63, 3.8) is 0 Å². The molecule has 1 aliphatic rings. The first-order chi connectivity index (χ1) is 7.62. The molecule has 0 unspecified atom stereocenters. The van der Waals surface area contributed by atoms with Gasteiger partial charge in [0.05, 0.1) is 0 Å². The summed E-state index contributed by atoms with van der Waals surface area (Å²) in [6.45, 7) is 5.54. The standard InChI is InChI=1S/C11H28N4Si/c1-10(2)9-14-16(12-3,13-4)15-11-7-5-6-8-11/h10-15H,5-9H2,1-4H3. The molecular weight excluding hydrogens is 216 g/mol. The Kier molecular flexibility index (Phi) is 5.92. The molecule has 0 radical (unpaired) electrons. The van der Waals surface area contributed by atoms with Gasteiger partial charge in [0.15, 0.2) is 0 Å². The van der Waals surface area contributed by atoms with E-state index in [4.69, 9.17) is 0 Å². The normalized spacial score (nSPS) is 18.6. The first-order valence-electron chi connectivity index (χ1n) is 6.52. The molecule has 0 aromatic carbocycles. The van der Waals surface area contributed by atoms with Gasteiger partial charge < -0.3 is 14.9 Å². The van der Waals surface area contributed by atoms with Crippen molar-refractivity contribution in [3.8, 4) is 0 Å². The molecule has 0 saturated heterocycles. The first kappa shape index (κ1) is 14.1. The minimum Gasteiger partial charge on any atom is -0.303 e. The molecule has 96 valence electrons. The van der Waals surface area contributed by atoms with Crippen molar-refractivity contribution in [1.29, 1.82) is 0 Å². The first-order valence-corrected chi connectivity index (χ1v) is 8.52. The Labute approximate surface area is 101 Å². The average molecular weight is 244 g/mol. The van der Waals surface area contributed by atoms with Crippen molar-refractivity contribution in [3.05, 3.63) is 0 Å². The number of hydrogen-bond donors (Lipinski definition) is 4. The summed E-state index contributed by atoms with van der Waals surface area (Å²) in [6.07, 6.45) is 5.39. The van der Waals surface area contributed by atoms with Crippen LogP contribution >= 0.6 is 0 Å². The Balaban J connectivity index is 2.48. The zero-order chi connectivity index (χ0) is 12.0. The quantitative estimate of drug-likeness (QED) is 0.497. The molecule has 0 spiro atoms. The van der Waals surface area contributed by atoms with Crippen LogP contribution in [0.2, 0.25) is 0 Å². The maximum atomic E-state index is 3.79. The molecule has 16 heavy (non-hydrogen) atoms. The largest absolute Gasteiger partial charge is 0.365 e. The number of rotatable bonds is 7. The third-order valence-corrected chi connectivity index (χ3v) is 6.38. The molecule has 0 bridgehead atoms. The Morgan fingerprint density at radius 1 is 1.12 bits per heavy atom. The highest BCUT2D eigenvalue weighted by Crippen LogP contribution is 2.18. The molecule has 4 N–H and O–H groups in total. The summed E-state index contributed by atoms with van der Waals surface area (Å²) in [5.74, 6) is 0.680. The third kappa shape index (κ3) is 4.14. The van der Waals surface area contributed by atoms with Crippen molar-refractivity contribution in [1.82, 2.24) is 19.9 Å². The van der Waals surface area contributed by atoms with Gasteiger partial charge in [0, 0.05) is 6.04 Å². The van der Waals surface area contributed by atoms with Gasteiger partial charge in [0.1, 0.15) is 0 Å². The van der Waals surface area contributed by atoms with Crippen LogP contribution in [0.5, 0.6) is 0 Å². The van der Waals surface area contributed by atoms with Crippen molar-refractivity contribution in [2.75, 3.05) is 20.6 Å². The smallest absolute Gasteiger partial charge is 0.303 e. The van der Waals surface area contributed by atoms with Gasteiger partial charge in [0.2, 0.25) is 0 Å². The molecule has 0 amide bonds. The molecule has 0 aromatic heterocycles. The minimum atomic E-state index is -1.87. The lowest BCUT2D eigenvalue weighted by Gasteiger charge is -2.34. The van der Waals surface area contributed by atoms with Gasteiger partial charge in [-0.1, -0.05) is 26.7 Å². The fourth-order valence-electron chi connectivity index (χ4n) is 2.23. The molecule has 0 atom stereocenters. The Hall–Kier alpha value is 0.0569. The monoisotopic (exact) mass is 244 g/mol. The molecule has 1 aliphatic carbocycles. The third-order valence-electron chi connectivity index (χ3n) is 3.30. The van der Waals surface area contributed by atoms with E-state index in [2.05, 4.69) is 33.8 Å². The lowest BCUT2D eigenvalue weighted by molar-refractivity contribution is 0.560. The van der Waals surface area contributed by atoms with E-state index in [1.165, 1.54) is 25.7 Å². The second-order valence-electron chi connectivity index (χ2n) is 5.15. The Morgan fingerprint density at radius 2 is 1.69 bits per heavy atom. The fraction of sp³-hybridized carbons (Fsp3) is 1.00. The van der Waals surface area contributed by atoms with Crippen molar-refractivity contribution < 1.29 is 0 Å². The predicted octanol–water partition coefficient (Wildman–Crippen LogP) is 0.639. The van der Waals surface area contributed by atoms with Crippen LogP contribution in [0.15, 0.2) is 0 Å². The Bertz CT molecular complexity index is 188. The summed E-state index contributed by atoms with van der Waals surface area (Å²) < 4.78 is 0. The fourth-order valence-corrected chi connectivity index (χ4v) is 4.84. The molecule has 4 nitrogen and oxygen atoms in total. The molecule has 0 heterocycles. The van der Waals surface area contributed by atoms with Crippen molar-refractivity contribution >= 4 is 8.72 Å². The second kappa shape index (κ2) is 6.71. The summed E-state index contributed by atoms with van der Waals surface area (Å²) in [4.78, 5) is 14.4. The van der Waals surface area contributed by atoms with Gasteiger partial charge in [-0.25, -0.2) is 0 Å². The van der Waals surface area contributed by atoms with Crippen molar-refractivity contribution in [2.45, 2.75) is 45.6 Å². The van der Waals surface area contributed by atoms with E-state index in [1.54, 1.807) is 0 Å². The van der Waals surface area contributed by atoms with Gasteiger partial charge >= 0.3 is 8.72 Å². The zero-order valence-electron chi connectivity index (χ0n) is 11.2. The zero-order valence-corrected chi connectivity index (χ0v) is 12.2. The number of nitrogens with one attached hydrogen (secondary N) is 4. The van der Waals surface area contributed by atoms with Gasteiger partial charge in [-0.2, -0.15) is 0 Å². The molecule has 5 heteroatoms. The molecule has 0 aliphatic heterocycles. The summed E-state index contributed by atoms with van der Waals surface area (Å²) in [6, 6.07) is 0.686. The van der Waals surface area contributed by atoms with E-state index >= 15 is 0 Å². The summed E-state index contributed by atoms with van der Waals surface area (Å²) in [7, 11) is 2.21. The predicted molar refractivity (Wildman–Crippen MR) is 72.1 cm³/mol. The molecule has 1 fully saturated rings. The van der Waals surface area contributed by atoms with E-state index in [1.807, 2.05) is 14.1 Å². The topological polar surface area (TPSA) is 48.1 Å². The lowest BCUT2D eigenvalue weighted by Crippen LogP contribution is -2.80. The van der Waals surface area contributed by atoms with Gasteiger partial charge in [-0.15, -0.1) is 0 Å². The van der Waals surface area contributed by atoms with Crippen molar-refractivity contribution in [2.24, 2.45) is 5.92 Å². The van der Waals surface area contributed by atoms with Gasteiger partial charge in [-0.3, -0.25) is 4.98 Å². The molecule has 0 aromatic rings. The molecule has 1 rings (SSSR count). The summed E-state index contributed by atoms with van der Waals surface area (Å²) >= 11 is 0. The van der Waals surface area contributed by atoms with E-state index in [-0.39, 0.29) is 0 Å². The van der Waals surface area contributed by atoms with E-state index in [0.29, 0.717) is 12.0 Å². The average Bonchev–Trinajstić information content (AvgIpc) is 2.77.